The largest absolute Gasteiger partial charge is 0.412 e. The van der Waals surface area contributed by atoms with Gasteiger partial charge in [-0.2, -0.15) is 0 Å². The first-order valence-electron chi connectivity index (χ1n) is 2.26. The molecule has 0 saturated carbocycles. The third-order valence-corrected chi connectivity index (χ3v) is 0. The Balaban J connectivity index is -0.0000000150. The van der Waals surface area contributed by atoms with Gasteiger partial charge in [0.1, 0.15) is 0 Å². The molecule has 0 bridgehead atoms. The van der Waals surface area contributed by atoms with Crippen molar-refractivity contribution in [2.24, 2.45) is 0 Å². The maximum atomic E-state index is 8.36. The number of hydrogen-bond acceptors (Lipinski definition) is 8. The summed E-state index contributed by atoms with van der Waals surface area (Å²) in [4.78, 5) is 33.4. The molecule has 0 unspecified atom stereocenters. The lowest BCUT2D eigenvalue weighted by Crippen LogP contribution is -1.81. The van der Waals surface area contributed by atoms with Crippen LogP contribution in [0.1, 0.15) is 0 Å². The standard InChI is InChI=1S/4HNO3.4H2O/c4*2-1(3)4;;;;/h4*(H,2,3,4);4*1H2. The summed E-state index contributed by atoms with van der Waals surface area (Å²) >= 11 is 0. The second kappa shape index (κ2) is 44.9. The first-order chi connectivity index (χ1) is 6.93. The summed E-state index contributed by atoms with van der Waals surface area (Å²) in [5.74, 6) is 0. The zero-order valence-corrected chi connectivity index (χ0v) is 8.84. The SMILES string of the molecule is O.O.O.O.O=[N+]([O-])O.O=[N+]([O-])O.O=[N+]([O-])O.O=[N+]([O-])O. The van der Waals surface area contributed by atoms with Crippen molar-refractivity contribution in [1.29, 1.82) is 0 Å². The molecule has 0 aliphatic rings. The summed E-state index contributed by atoms with van der Waals surface area (Å²) in [6.45, 7) is 0. The highest BCUT2D eigenvalue weighted by Crippen LogP contribution is 1.39. The maximum Gasteiger partial charge on any atom is 0.291 e. The molecule has 0 radical (unpaired) electrons. The third-order valence-electron chi connectivity index (χ3n) is 0. The molecule has 20 nitrogen and oxygen atoms in total. The minimum Gasteiger partial charge on any atom is -0.412 e. The molecule has 0 aromatic rings. The fourth-order valence-corrected chi connectivity index (χ4v) is 0. The quantitative estimate of drug-likeness (QED) is 0.241. The summed E-state index contributed by atoms with van der Waals surface area (Å²) in [7, 11) is 0. The van der Waals surface area contributed by atoms with E-state index in [1.165, 1.54) is 0 Å². The van der Waals surface area contributed by atoms with Crippen LogP contribution in [-0.2, 0) is 0 Å². The zero-order chi connectivity index (χ0) is 14.3. The second-order valence-corrected chi connectivity index (χ2v) is 0.951. The Labute approximate surface area is 105 Å². The van der Waals surface area contributed by atoms with Gasteiger partial charge in [0.05, 0.1) is 0 Å². The Bertz CT molecular complexity index is 155. The van der Waals surface area contributed by atoms with Crippen LogP contribution in [0, 0.1) is 40.5 Å². The van der Waals surface area contributed by atoms with Gasteiger partial charge in [0, 0.05) is 0 Å². The molecule has 0 aliphatic heterocycles. The molecule has 128 valence electrons. The van der Waals surface area contributed by atoms with Gasteiger partial charge in [0.25, 0.3) is 20.3 Å². The molecule has 0 spiro atoms. The topological polar surface area (TPSA) is 379 Å². The fourth-order valence-electron chi connectivity index (χ4n) is 0. The molecular weight excluding hydrogens is 312 g/mol. The van der Waals surface area contributed by atoms with Gasteiger partial charge in [-0.3, -0.25) is 0 Å². The Hall–Kier alpha value is -3.36. The molecule has 0 aromatic carbocycles. The molecule has 0 aliphatic carbocycles. The maximum absolute atomic E-state index is 8.36. The van der Waals surface area contributed by atoms with Crippen LogP contribution >= 0.6 is 0 Å². The van der Waals surface area contributed by atoms with Gasteiger partial charge in [-0.25, -0.2) is 0 Å². The van der Waals surface area contributed by atoms with E-state index in [0.29, 0.717) is 0 Å². The molecule has 0 aromatic heterocycles. The van der Waals surface area contributed by atoms with E-state index in [4.69, 9.17) is 61.3 Å². The molecule has 0 heterocycles. The van der Waals surface area contributed by atoms with E-state index in [1.54, 1.807) is 0 Å². The van der Waals surface area contributed by atoms with Crippen molar-refractivity contribution in [2.75, 3.05) is 0 Å². The van der Waals surface area contributed by atoms with Crippen molar-refractivity contribution in [1.82, 2.24) is 0 Å². The van der Waals surface area contributed by atoms with Crippen molar-refractivity contribution in [3.05, 3.63) is 40.5 Å². The average Bonchev–Trinajstić information content (AvgIpc) is 1.76. The van der Waals surface area contributed by atoms with Gasteiger partial charge in [0.2, 0.25) is 0 Å². The normalized spacial score (nSPS) is 4.80. The van der Waals surface area contributed by atoms with Gasteiger partial charge in [-0.1, -0.05) is 0 Å². The molecule has 20 heavy (non-hydrogen) atoms. The van der Waals surface area contributed by atoms with Gasteiger partial charge >= 0.3 is 0 Å². The summed E-state index contributed by atoms with van der Waals surface area (Å²) in [5, 5.41) is 54.6. The van der Waals surface area contributed by atoms with Crippen LogP contribution in [-0.4, -0.2) is 63.1 Å². The lowest BCUT2D eigenvalue weighted by Gasteiger charge is -1.56. The third kappa shape index (κ3) is 241. The van der Waals surface area contributed by atoms with Crippen LogP contribution in [0.15, 0.2) is 0 Å². The Morgan fingerprint density at radius 2 is 0.450 bits per heavy atom. The molecule has 0 atom stereocenters. The summed E-state index contributed by atoms with van der Waals surface area (Å²) < 4.78 is 0. The van der Waals surface area contributed by atoms with Crippen LogP contribution in [0.25, 0.3) is 0 Å². The monoisotopic (exact) mass is 324 g/mol. The second-order valence-electron chi connectivity index (χ2n) is 0.951. The molecular formula is H12N4O16. The van der Waals surface area contributed by atoms with Gasteiger partial charge in [-0.15, -0.1) is 40.5 Å². The van der Waals surface area contributed by atoms with Gasteiger partial charge in [-0.05, 0) is 0 Å². The first kappa shape index (κ1) is 54.5. The van der Waals surface area contributed by atoms with E-state index in [2.05, 4.69) is 0 Å². The molecule has 0 fully saturated rings. The van der Waals surface area contributed by atoms with E-state index < -0.39 is 20.3 Å². The number of rotatable bonds is 0. The van der Waals surface area contributed by atoms with Crippen molar-refractivity contribution in [3.8, 4) is 0 Å². The van der Waals surface area contributed by atoms with Crippen LogP contribution < -0.4 is 0 Å². The smallest absolute Gasteiger partial charge is 0.291 e. The lowest BCUT2D eigenvalue weighted by molar-refractivity contribution is -0.742. The minimum absolute atomic E-state index is 0. The van der Waals surface area contributed by atoms with E-state index >= 15 is 0 Å². The van der Waals surface area contributed by atoms with Crippen molar-refractivity contribution >= 4 is 0 Å². The van der Waals surface area contributed by atoms with Crippen LogP contribution in [0.5, 0.6) is 0 Å². The molecule has 20 heteroatoms. The Morgan fingerprint density at radius 3 is 0.450 bits per heavy atom. The number of nitrogens with zero attached hydrogens (tertiary/aromatic N) is 4. The van der Waals surface area contributed by atoms with Crippen molar-refractivity contribution in [2.45, 2.75) is 0 Å². The van der Waals surface area contributed by atoms with Crippen LogP contribution in [0.4, 0.5) is 0 Å². The van der Waals surface area contributed by atoms with Gasteiger partial charge in [0.15, 0.2) is 0 Å². The highest BCUT2D eigenvalue weighted by molar-refractivity contribution is 3.84. The molecule has 0 amide bonds. The van der Waals surface area contributed by atoms with E-state index in [1.807, 2.05) is 0 Å². The predicted octanol–water partition coefficient (Wildman–Crippen LogP) is -4.69. The van der Waals surface area contributed by atoms with E-state index in [0.717, 1.165) is 0 Å². The van der Waals surface area contributed by atoms with E-state index in [-0.39, 0.29) is 21.9 Å². The lowest BCUT2D eigenvalue weighted by atomic mass is 13.1. The van der Waals surface area contributed by atoms with Crippen LogP contribution in [0.2, 0.25) is 0 Å². The minimum atomic E-state index is -1.50. The summed E-state index contributed by atoms with van der Waals surface area (Å²) in [6.07, 6.45) is 0. The van der Waals surface area contributed by atoms with Gasteiger partial charge < -0.3 is 42.7 Å². The predicted molar refractivity (Wildman–Crippen MR) is 49.6 cm³/mol. The average molecular weight is 324 g/mol. The Kier molecular flexibility index (Phi) is 122. The molecule has 0 saturated heterocycles. The van der Waals surface area contributed by atoms with E-state index in [9.17, 15) is 0 Å². The highest BCUT2D eigenvalue weighted by atomic mass is 16.9. The van der Waals surface area contributed by atoms with Crippen LogP contribution in [0.3, 0.4) is 0 Å². The zero-order valence-electron chi connectivity index (χ0n) is 8.84. The first-order valence-corrected chi connectivity index (χ1v) is 2.26. The highest BCUT2D eigenvalue weighted by Gasteiger charge is 1.66. The number of hydrogen-bond donors (Lipinski definition) is 4. The molecule has 0 rings (SSSR count). The fraction of sp³-hybridized carbons (Fsp3) is 0. The van der Waals surface area contributed by atoms with Crippen molar-refractivity contribution in [3.63, 3.8) is 0 Å². The Morgan fingerprint density at radius 1 is 0.450 bits per heavy atom. The van der Waals surface area contributed by atoms with Crippen molar-refractivity contribution < 1.29 is 63.1 Å². The summed E-state index contributed by atoms with van der Waals surface area (Å²) in [5.41, 5.74) is 0. The summed E-state index contributed by atoms with van der Waals surface area (Å²) in [6, 6.07) is 0. The molecule has 12 N–H and O–H groups in total.